The molecule has 3 heterocycles. The standard InChI is InChI=1S/C23H21N5O3S/c1-13-19-21-25-18(26-28(21)12-24-22(19)32-20(13)23(29)27(2)3)11-31-17-8-6-14-9-16(30-4)7-5-15(14)10-17/h5-10,12H,11H2,1-4H3. The fourth-order valence-electron chi connectivity index (χ4n) is 3.61. The Hall–Kier alpha value is -3.72. The molecule has 0 atom stereocenters. The second-order valence-electron chi connectivity index (χ2n) is 7.64. The van der Waals surface area contributed by atoms with Crippen LogP contribution in [0.4, 0.5) is 0 Å². The topological polar surface area (TPSA) is 81.9 Å². The van der Waals surface area contributed by atoms with Crippen LogP contribution in [0.5, 0.6) is 11.5 Å². The average molecular weight is 448 g/mol. The molecule has 0 spiro atoms. The molecule has 162 valence electrons. The summed E-state index contributed by atoms with van der Waals surface area (Å²) >= 11 is 1.37. The van der Waals surface area contributed by atoms with Crippen molar-refractivity contribution in [2.24, 2.45) is 0 Å². The van der Waals surface area contributed by atoms with Gasteiger partial charge in [-0.25, -0.2) is 14.5 Å². The van der Waals surface area contributed by atoms with Crippen LogP contribution in [-0.4, -0.2) is 51.6 Å². The highest BCUT2D eigenvalue weighted by atomic mass is 32.1. The molecule has 0 radical (unpaired) electrons. The number of carbonyl (C=O) groups excluding carboxylic acids is 1. The molecule has 5 aromatic rings. The van der Waals surface area contributed by atoms with E-state index in [1.54, 1.807) is 36.9 Å². The largest absolute Gasteiger partial charge is 0.497 e. The highest BCUT2D eigenvalue weighted by Gasteiger charge is 2.21. The van der Waals surface area contributed by atoms with Gasteiger partial charge in [-0.15, -0.1) is 16.4 Å². The fourth-order valence-corrected chi connectivity index (χ4v) is 4.78. The maximum Gasteiger partial charge on any atom is 0.263 e. The van der Waals surface area contributed by atoms with Gasteiger partial charge in [-0.2, -0.15) is 0 Å². The van der Waals surface area contributed by atoms with E-state index in [1.165, 1.54) is 11.3 Å². The maximum atomic E-state index is 12.5. The fraction of sp³-hybridized carbons (Fsp3) is 0.217. The number of aryl methyl sites for hydroxylation is 1. The van der Waals surface area contributed by atoms with Gasteiger partial charge in [0.25, 0.3) is 5.91 Å². The van der Waals surface area contributed by atoms with Gasteiger partial charge < -0.3 is 14.4 Å². The smallest absolute Gasteiger partial charge is 0.263 e. The Morgan fingerprint density at radius 2 is 1.84 bits per heavy atom. The minimum absolute atomic E-state index is 0.0411. The van der Waals surface area contributed by atoms with Gasteiger partial charge in [0.2, 0.25) is 0 Å². The van der Waals surface area contributed by atoms with Gasteiger partial charge in [0.05, 0.1) is 17.4 Å². The first-order valence-corrected chi connectivity index (χ1v) is 10.8. The summed E-state index contributed by atoms with van der Waals surface area (Å²) in [6.07, 6.45) is 1.62. The van der Waals surface area contributed by atoms with E-state index in [1.807, 2.05) is 43.3 Å². The number of fused-ring (bicyclic) bond motifs is 4. The highest BCUT2D eigenvalue weighted by Crippen LogP contribution is 2.32. The number of ether oxygens (including phenoxy) is 2. The van der Waals surface area contributed by atoms with E-state index in [0.717, 1.165) is 38.1 Å². The molecule has 5 rings (SSSR count). The molecule has 0 bridgehead atoms. The Bertz CT molecular complexity index is 1490. The first kappa shape index (κ1) is 20.2. The summed E-state index contributed by atoms with van der Waals surface area (Å²) in [4.78, 5) is 24.6. The molecule has 32 heavy (non-hydrogen) atoms. The van der Waals surface area contributed by atoms with E-state index < -0.39 is 0 Å². The Balaban J connectivity index is 1.44. The van der Waals surface area contributed by atoms with Crippen LogP contribution in [0.25, 0.3) is 26.6 Å². The molecular weight excluding hydrogens is 426 g/mol. The third-order valence-corrected chi connectivity index (χ3v) is 6.49. The van der Waals surface area contributed by atoms with Crippen LogP contribution in [0, 0.1) is 6.92 Å². The lowest BCUT2D eigenvalue weighted by Gasteiger charge is -2.08. The van der Waals surface area contributed by atoms with Crippen LogP contribution in [0.3, 0.4) is 0 Å². The van der Waals surface area contributed by atoms with Crippen LogP contribution in [0.2, 0.25) is 0 Å². The molecule has 0 saturated heterocycles. The lowest BCUT2D eigenvalue weighted by molar-refractivity contribution is 0.0831. The van der Waals surface area contributed by atoms with Crippen molar-refractivity contribution < 1.29 is 14.3 Å². The number of methoxy groups -OCH3 is 1. The molecule has 8 nitrogen and oxygen atoms in total. The number of amides is 1. The van der Waals surface area contributed by atoms with Gasteiger partial charge in [0, 0.05) is 14.1 Å². The van der Waals surface area contributed by atoms with Gasteiger partial charge >= 0.3 is 0 Å². The van der Waals surface area contributed by atoms with E-state index in [2.05, 4.69) is 15.1 Å². The second kappa shape index (κ2) is 7.76. The highest BCUT2D eigenvalue weighted by molar-refractivity contribution is 7.20. The zero-order chi connectivity index (χ0) is 22.4. The first-order valence-electron chi connectivity index (χ1n) is 10.00. The molecule has 3 aromatic heterocycles. The third kappa shape index (κ3) is 3.40. The molecule has 0 fully saturated rings. The summed E-state index contributed by atoms with van der Waals surface area (Å²) in [7, 11) is 5.14. The summed E-state index contributed by atoms with van der Waals surface area (Å²) in [6, 6.07) is 11.8. The zero-order valence-corrected chi connectivity index (χ0v) is 18.9. The second-order valence-corrected chi connectivity index (χ2v) is 8.64. The van der Waals surface area contributed by atoms with E-state index in [9.17, 15) is 4.79 Å². The van der Waals surface area contributed by atoms with E-state index >= 15 is 0 Å². The van der Waals surface area contributed by atoms with Gasteiger partial charge in [0.1, 0.15) is 29.3 Å². The molecular formula is C23H21N5O3S. The number of hydrogen-bond donors (Lipinski definition) is 0. The average Bonchev–Trinajstić information content (AvgIpc) is 3.36. The van der Waals surface area contributed by atoms with E-state index in [-0.39, 0.29) is 12.5 Å². The summed E-state index contributed by atoms with van der Waals surface area (Å²) in [6.45, 7) is 2.14. The van der Waals surface area contributed by atoms with E-state index in [0.29, 0.717) is 16.3 Å². The molecule has 1 amide bonds. The number of benzene rings is 2. The number of carbonyl (C=O) groups is 1. The van der Waals surface area contributed by atoms with Crippen molar-refractivity contribution in [1.29, 1.82) is 0 Å². The minimum Gasteiger partial charge on any atom is -0.497 e. The first-order chi connectivity index (χ1) is 15.4. The van der Waals surface area contributed by atoms with Crippen LogP contribution >= 0.6 is 11.3 Å². The summed E-state index contributed by atoms with van der Waals surface area (Å²) in [5.74, 6) is 2.05. The normalized spacial score (nSPS) is 11.4. The van der Waals surface area contributed by atoms with Crippen LogP contribution in [0.15, 0.2) is 42.7 Å². The van der Waals surface area contributed by atoms with Gasteiger partial charge in [-0.1, -0.05) is 12.1 Å². The Morgan fingerprint density at radius 1 is 1.12 bits per heavy atom. The van der Waals surface area contributed by atoms with Crippen molar-refractivity contribution >= 4 is 43.9 Å². The number of aromatic nitrogens is 4. The minimum atomic E-state index is -0.0411. The Kier molecular flexibility index (Phi) is 4.90. The summed E-state index contributed by atoms with van der Waals surface area (Å²) in [5, 5.41) is 7.49. The maximum absolute atomic E-state index is 12.5. The lowest BCUT2D eigenvalue weighted by atomic mass is 10.1. The predicted molar refractivity (Wildman–Crippen MR) is 124 cm³/mol. The Labute approximate surface area is 188 Å². The quantitative estimate of drug-likeness (QED) is 0.404. The Morgan fingerprint density at radius 3 is 2.56 bits per heavy atom. The van der Waals surface area contributed by atoms with Gasteiger partial charge in [-0.05, 0) is 47.5 Å². The molecule has 0 unspecified atom stereocenters. The van der Waals surface area contributed by atoms with Gasteiger partial charge in [0.15, 0.2) is 11.5 Å². The van der Waals surface area contributed by atoms with Crippen molar-refractivity contribution in [1.82, 2.24) is 24.5 Å². The van der Waals surface area contributed by atoms with Gasteiger partial charge in [-0.3, -0.25) is 4.79 Å². The summed E-state index contributed by atoms with van der Waals surface area (Å²) in [5.41, 5.74) is 1.54. The molecule has 2 aromatic carbocycles. The van der Waals surface area contributed by atoms with Crippen molar-refractivity contribution in [3.05, 3.63) is 59.0 Å². The zero-order valence-electron chi connectivity index (χ0n) is 18.1. The van der Waals surface area contributed by atoms with Crippen LogP contribution in [-0.2, 0) is 6.61 Å². The molecule has 0 aliphatic carbocycles. The van der Waals surface area contributed by atoms with Crippen LogP contribution in [0.1, 0.15) is 21.1 Å². The molecule has 0 N–H and O–H groups in total. The number of rotatable bonds is 5. The third-order valence-electron chi connectivity index (χ3n) is 5.30. The van der Waals surface area contributed by atoms with Crippen molar-refractivity contribution in [2.75, 3.05) is 21.2 Å². The van der Waals surface area contributed by atoms with E-state index in [4.69, 9.17) is 9.47 Å². The van der Waals surface area contributed by atoms with Crippen molar-refractivity contribution in [3.63, 3.8) is 0 Å². The number of hydrogen-bond acceptors (Lipinski definition) is 7. The molecule has 0 aliphatic heterocycles. The molecule has 0 aliphatic rings. The summed E-state index contributed by atoms with van der Waals surface area (Å²) < 4.78 is 12.9. The predicted octanol–water partition coefficient (Wildman–Crippen LogP) is 4.09. The lowest BCUT2D eigenvalue weighted by Crippen LogP contribution is -2.21. The monoisotopic (exact) mass is 447 g/mol. The molecule has 0 saturated carbocycles. The number of nitrogens with zero attached hydrogens (tertiary/aromatic N) is 5. The van der Waals surface area contributed by atoms with Crippen molar-refractivity contribution in [2.45, 2.75) is 13.5 Å². The van der Waals surface area contributed by atoms with Crippen molar-refractivity contribution in [3.8, 4) is 11.5 Å². The molecule has 9 heteroatoms. The van der Waals surface area contributed by atoms with Crippen LogP contribution < -0.4 is 9.47 Å². The number of thiophene rings is 1. The SMILES string of the molecule is COc1ccc2cc(OCc3nc4c5c(C)c(C(=O)N(C)C)sc5ncn4n3)ccc2c1.